The Kier molecular flexibility index (Phi) is 7.79. The van der Waals surface area contributed by atoms with Gasteiger partial charge in [-0.2, -0.15) is 0 Å². The van der Waals surface area contributed by atoms with Crippen LogP contribution in [0.25, 0.3) is 0 Å². The zero-order valence-corrected chi connectivity index (χ0v) is 19.2. The third-order valence-electron chi connectivity index (χ3n) is 6.39. The monoisotopic (exact) mass is 450 g/mol. The molecular weight excluding hydrogens is 418 g/mol. The van der Waals surface area contributed by atoms with Gasteiger partial charge in [-0.05, 0) is 79.0 Å². The van der Waals surface area contributed by atoms with Crippen molar-refractivity contribution < 1.29 is 28.4 Å². The number of aliphatic hydroxyl groups excluding tert-OH is 1. The number of ether oxygens (including phenoxy) is 2. The molecule has 0 saturated heterocycles. The molecule has 1 aliphatic rings. The predicted octanol–water partition coefficient (Wildman–Crippen LogP) is 5.51. The molecule has 2 aromatic rings. The molecule has 1 saturated carbocycles. The predicted molar refractivity (Wildman–Crippen MR) is 120 cm³/mol. The van der Waals surface area contributed by atoms with Gasteiger partial charge in [0.25, 0.3) is 0 Å². The van der Waals surface area contributed by atoms with Crippen molar-refractivity contribution in [3.8, 4) is 11.5 Å². The molecule has 0 amide bonds. The van der Waals surface area contributed by atoms with E-state index in [0.29, 0.717) is 29.6 Å². The van der Waals surface area contributed by atoms with Gasteiger partial charge in [-0.25, -0.2) is 4.39 Å². The first-order chi connectivity index (χ1) is 14.7. The third kappa shape index (κ3) is 6.09. The lowest BCUT2D eigenvalue weighted by molar-refractivity contribution is 0.170. The van der Waals surface area contributed by atoms with Gasteiger partial charge in [0.05, 0.1) is 25.5 Å². The van der Waals surface area contributed by atoms with Crippen molar-refractivity contribution in [2.45, 2.75) is 50.3 Å². The molecule has 1 fully saturated rings. The molecule has 5 nitrogen and oxygen atoms in total. The van der Waals surface area contributed by atoms with Crippen LogP contribution in [0.4, 0.5) is 4.39 Å². The summed E-state index contributed by atoms with van der Waals surface area (Å²) < 4.78 is 37.3. The van der Waals surface area contributed by atoms with Crippen LogP contribution in [0.3, 0.4) is 0 Å². The van der Waals surface area contributed by atoms with Crippen LogP contribution in [0, 0.1) is 11.7 Å². The lowest BCUT2D eigenvalue weighted by Gasteiger charge is -2.29. The van der Waals surface area contributed by atoms with Crippen molar-refractivity contribution in [1.82, 2.24) is 0 Å². The fourth-order valence-electron chi connectivity index (χ4n) is 4.14. The van der Waals surface area contributed by atoms with Gasteiger partial charge in [0.2, 0.25) is 7.37 Å². The van der Waals surface area contributed by atoms with Gasteiger partial charge in [0.15, 0.2) is 0 Å². The maximum atomic E-state index is 14.3. The molecule has 0 spiro atoms. The molecular formula is C24H32FO5P. The lowest BCUT2D eigenvalue weighted by atomic mass is 9.79. The van der Waals surface area contributed by atoms with E-state index >= 15 is 0 Å². The highest BCUT2D eigenvalue weighted by molar-refractivity contribution is 7.57. The highest BCUT2D eigenvalue weighted by Crippen LogP contribution is 2.47. The summed E-state index contributed by atoms with van der Waals surface area (Å²) in [5.41, 5.74) is 0.542. The van der Waals surface area contributed by atoms with E-state index < -0.39 is 19.1 Å². The van der Waals surface area contributed by atoms with Crippen LogP contribution in [0.2, 0.25) is 0 Å². The Morgan fingerprint density at radius 3 is 2.48 bits per heavy atom. The lowest BCUT2D eigenvalue weighted by Crippen LogP contribution is -2.20. The van der Waals surface area contributed by atoms with Gasteiger partial charge in [0, 0.05) is 6.66 Å². The number of aliphatic hydroxyl groups is 1. The average Bonchev–Trinajstić information content (AvgIpc) is 2.77. The van der Waals surface area contributed by atoms with Gasteiger partial charge >= 0.3 is 0 Å². The summed E-state index contributed by atoms with van der Waals surface area (Å²) in [4.78, 5) is 9.74. The van der Waals surface area contributed by atoms with Crippen LogP contribution in [0.15, 0.2) is 42.5 Å². The Bertz CT molecular complexity index is 920. The average molecular weight is 450 g/mol. The molecule has 170 valence electrons. The van der Waals surface area contributed by atoms with Crippen LogP contribution in [-0.4, -0.2) is 36.0 Å². The molecule has 0 aromatic heterocycles. The zero-order valence-electron chi connectivity index (χ0n) is 18.3. The summed E-state index contributed by atoms with van der Waals surface area (Å²) in [6.45, 7) is 3.38. The Labute approximate surface area is 183 Å². The van der Waals surface area contributed by atoms with E-state index in [4.69, 9.17) is 9.47 Å². The summed E-state index contributed by atoms with van der Waals surface area (Å²) >= 11 is 0. The molecule has 0 aliphatic heterocycles. The summed E-state index contributed by atoms with van der Waals surface area (Å²) in [6.07, 6.45) is 2.67. The molecule has 0 heterocycles. The zero-order chi connectivity index (χ0) is 22.6. The van der Waals surface area contributed by atoms with Gasteiger partial charge in [-0.3, -0.25) is 4.57 Å². The number of hydrogen-bond acceptors (Lipinski definition) is 4. The van der Waals surface area contributed by atoms with E-state index in [0.717, 1.165) is 31.2 Å². The normalized spacial score (nSPS) is 22.9. The van der Waals surface area contributed by atoms with Crippen molar-refractivity contribution in [3.63, 3.8) is 0 Å². The number of rotatable bonds is 8. The van der Waals surface area contributed by atoms with E-state index in [1.54, 1.807) is 44.4 Å². The van der Waals surface area contributed by atoms with Crippen molar-refractivity contribution in [2.24, 2.45) is 5.92 Å². The van der Waals surface area contributed by atoms with Crippen LogP contribution in [0.5, 0.6) is 11.5 Å². The first-order valence-corrected chi connectivity index (χ1v) is 12.9. The molecule has 1 unspecified atom stereocenters. The van der Waals surface area contributed by atoms with Crippen molar-refractivity contribution in [2.75, 3.05) is 20.4 Å². The van der Waals surface area contributed by atoms with Crippen molar-refractivity contribution >= 4 is 7.37 Å². The van der Waals surface area contributed by atoms with Crippen LogP contribution >= 0.6 is 7.37 Å². The first kappa shape index (κ1) is 23.8. The molecule has 2 N–H and O–H groups in total. The summed E-state index contributed by atoms with van der Waals surface area (Å²) in [5.74, 6) is 1.71. The van der Waals surface area contributed by atoms with E-state index in [2.05, 4.69) is 0 Å². The standard InChI is InChI=1S/C24H32FO5P/c1-16(31(3,27)28)24(26)19-5-4-6-21(13-19)30-15-17-7-9-18(10-8-17)22-14-20(29-2)11-12-23(22)25/h4-6,11-14,16-18,24,26H,7-10,15H2,1-3H3,(H,27,28)/t16-,17?,18?,24+/m0/s1. The van der Waals surface area contributed by atoms with E-state index in [1.165, 1.54) is 12.7 Å². The number of methoxy groups -OCH3 is 1. The topological polar surface area (TPSA) is 76.0 Å². The highest BCUT2D eigenvalue weighted by atomic mass is 31.2. The minimum absolute atomic E-state index is 0.176. The Hall–Kier alpha value is -1.88. The molecule has 0 radical (unpaired) electrons. The Morgan fingerprint density at radius 2 is 1.84 bits per heavy atom. The number of hydrogen-bond donors (Lipinski definition) is 2. The second-order valence-corrected chi connectivity index (χ2v) is 11.3. The van der Waals surface area contributed by atoms with Gasteiger partial charge in [-0.1, -0.05) is 19.1 Å². The number of benzene rings is 2. The van der Waals surface area contributed by atoms with Gasteiger partial charge in [-0.15, -0.1) is 0 Å². The minimum Gasteiger partial charge on any atom is -0.497 e. The molecule has 7 heteroatoms. The van der Waals surface area contributed by atoms with Crippen molar-refractivity contribution in [3.05, 3.63) is 59.4 Å². The summed E-state index contributed by atoms with van der Waals surface area (Å²) in [5, 5.41) is 10.4. The SMILES string of the molecule is COc1ccc(F)c(C2CCC(COc3cccc([C@H](O)[C@H](C)P(C)(=O)O)c3)CC2)c1. The van der Waals surface area contributed by atoms with E-state index in [1.807, 2.05) is 6.07 Å². The molecule has 3 atom stereocenters. The highest BCUT2D eigenvalue weighted by Gasteiger charge is 2.29. The molecule has 3 rings (SSSR count). The second-order valence-electron chi connectivity index (χ2n) is 8.62. The fraction of sp³-hybridized carbons (Fsp3) is 0.500. The third-order valence-corrected chi connectivity index (χ3v) is 8.18. The van der Waals surface area contributed by atoms with Crippen molar-refractivity contribution in [1.29, 1.82) is 0 Å². The minimum atomic E-state index is -3.40. The van der Waals surface area contributed by atoms with Gasteiger partial charge in [0.1, 0.15) is 17.3 Å². The second kappa shape index (κ2) is 10.2. The van der Waals surface area contributed by atoms with Gasteiger partial charge < -0.3 is 19.5 Å². The fourth-order valence-corrected chi connectivity index (χ4v) is 4.84. The van der Waals surface area contributed by atoms with Crippen LogP contribution in [0.1, 0.15) is 55.8 Å². The van der Waals surface area contributed by atoms with Crippen LogP contribution < -0.4 is 9.47 Å². The molecule has 0 bridgehead atoms. The molecule has 31 heavy (non-hydrogen) atoms. The molecule has 1 aliphatic carbocycles. The number of halogens is 1. The maximum Gasteiger partial charge on any atom is 0.203 e. The van der Waals surface area contributed by atoms with E-state index in [9.17, 15) is 19.0 Å². The summed E-state index contributed by atoms with van der Waals surface area (Å²) in [7, 11) is -1.81. The maximum absolute atomic E-state index is 14.3. The van der Waals surface area contributed by atoms with E-state index in [-0.39, 0.29) is 11.7 Å². The first-order valence-electron chi connectivity index (χ1n) is 10.7. The molecule has 2 aromatic carbocycles. The van der Waals surface area contributed by atoms with Crippen LogP contribution in [-0.2, 0) is 4.57 Å². The quantitative estimate of drug-likeness (QED) is 0.519. The largest absolute Gasteiger partial charge is 0.497 e. The summed E-state index contributed by atoms with van der Waals surface area (Å²) in [6, 6.07) is 12.0. The smallest absolute Gasteiger partial charge is 0.203 e. The Balaban J connectivity index is 1.55. The Morgan fingerprint density at radius 1 is 1.13 bits per heavy atom.